The summed E-state index contributed by atoms with van der Waals surface area (Å²) >= 11 is 5.81. The smallest absolute Gasteiger partial charge is 0.343 e. The van der Waals surface area contributed by atoms with Gasteiger partial charge in [-0.3, -0.25) is 4.79 Å². The Morgan fingerprint density at radius 1 is 1.47 bits per heavy atom. The number of carboxylic acids is 1. The molecule has 1 heterocycles. The van der Waals surface area contributed by atoms with Crippen molar-refractivity contribution in [3.8, 4) is 0 Å². The van der Waals surface area contributed by atoms with Gasteiger partial charge in [-0.25, -0.2) is 9.18 Å². The minimum absolute atomic E-state index is 0.101. The maximum absolute atomic E-state index is 13.9. The Kier molecular flexibility index (Phi) is 3.49. The summed E-state index contributed by atoms with van der Waals surface area (Å²) in [4.78, 5) is 24.2. The van der Waals surface area contributed by atoms with Gasteiger partial charge in [-0.1, -0.05) is 11.6 Å². The predicted octanol–water partition coefficient (Wildman–Crippen LogP) is 2.29. The van der Waals surface area contributed by atoms with Crippen molar-refractivity contribution in [1.29, 1.82) is 0 Å². The molecule has 1 saturated heterocycles. The van der Waals surface area contributed by atoms with Crippen LogP contribution < -0.4 is 0 Å². The van der Waals surface area contributed by atoms with Crippen LogP contribution in [0.2, 0.25) is 5.02 Å². The van der Waals surface area contributed by atoms with Gasteiger partial charge in [0, 0.05) is 23.6 Å². The Morgan fingerprint density at radius 2 is 2.16 bits per heavy atom. The molecule has 1 aliphatic rings. The molecule has 1 amide bonds. The number of carboxylic acid groups (broad SMARTS) is 1. The molecule has 0 bridgehead atoms. The third-order valence-corrected chi connectivity index (χ3v) is 3.54. The first-order valence-corrected chi connectivity index (χ1v) is 6.19. The number of aryl methyl sites for hydroxylation is 1. The molecule has 6 heteroatoms. The Hall–Kier alpha value is -1.62. The summed E-state index contributed by atoms with van der Waals surface area (Å²) < 4.78 is 13.9. The molecule has 102 valence electrons. The van der Waals surface area contributed by atoms with Crippen molar-refractivity contribution in [2.24, 2.45) is 0 Å². The lowest BCUT2D eigenvalue weighted by Gasteiger charge is -2.18. The predicted molar refractivity (Wildman–Crippen MR) is 68.2 cm³/mol. The van der Waals surface area contributed by atoms with Gasteiger partial charge in [-0.2, -0.15) is 0 Å². The first-order chi connectivity index (χ1) is 8.83. The zero-order valence-corrected chi connectivity index (χ0v) is 11.1. The lowest BCUT2D eigenvalue weighted by atomic mass is 10.1. The van der Waals surface area contributed by atoms with E-state index in [2.05, 4.69) is 0 Å². The molecule has 19 heavy (non-hydrogen) atoms. The van der Waals surface area contributed by atoms with Crippen molar-refractivity contribution in [1.82, 2.24) is 4.90 Å². The molecule has 1 aliphatic heterocycles. The van der Waals surface area contributed by atoms with E-state index in [0.717, 1.165) is 0 Å². The van der Waals surface area contributed by atoms with Crippen molar-refractivity contribution in [2.45, 2.75) is 19.0 Å². The quantitative estimate of drug-likeness (QED) is 0.907. The van der Waals surface area contributed by atoms with Crippen LogP contribution in [0.25, 0.3) is 0 Å². The van der Waals surface area contributed by atoms with E-state index in [4.69, 9.17) is 16.7 Å². The summed E-state index contributed by atoms with van der Waals surface area (Å²) in [5.74, 6) is -1.88. The fourth-order valence-electron chi connectivity index (χ4n) is 2.16. The van der Waals surface area contributed by atoms with Crippen LogP contribution in [0.5, 0.6) is 0 Å². The summed E-state index contributed by atoms with van der Waals surface area (Å²) in [7, 11) is 0. The highest BCUT2D eigenvalue weighted by Gasteiger charge is 2.47. The normalized spacial score (nSPS) is 22.6. The highest BCUT2D eigenvalue weighted by molar-refractivity contribution is 6.30. The summed E-state index contributed by atoms with van der Waals surface area (Å²) in [6.45, 7) is 1.42. The van der Waals surface area contributed by atoms with Crippen molar-refractivity contribution < 1.29 is 19.1 Å². The molecule has 1 atom stereocenters. The van der Waals surface area contributed by atoms with E-state index >= 15 is 0 Å². The van der Waals surface area contributed by atoms with Gasteiger partial charge in [0.25, 0.3) is 5.91 Å². The van der Waals surface area contributed by atoms with Crippen LogP contribution in [0, 0.1) is 6.92 Å². The standard InChI is InChI=1S/C13H13ClFNO3/c1-8-6-9(14)2-3-10(8)11(17)16-5-4-13(15,7-16)12(18)19/h2-3,6H,4-5,7H2,1H3,(H,18,19). The summed E-state index contributed by atoms with van der Waals surface area (Å²) in [5.41, 5.74) is -1.24. The van der Waals surface area contributed by atoms with E-state index in [9.17, 15) is 14.0 Å². The molecular formula is C13H13ClFNO3. The molecule has 4 nitrogen and oxygen atoms in total. The van der Waals surface area contributed by atoms with Crippen molar-refractivity contribution in [3.05, 3.63) is 34.3 Å². The maximum Gasteiger partial charge on any atom is 0.343 e. The third kappa shape index (κ3) is 2.56. The van der Waals surface area contributed by atoms with E-state index in [1.54, 1.807) is 25.1 Å². The molecule has 1 unspecified atom stereocenters. The fraction of sp³-hybridized carbons (Fsp3) is 0.385. The van der Waals surface area contributed by atoms with Gasteiger partial charge in [0.15, 0.2) is 0 Å². The first-order valence-electron chi connectivity index (χ1n) is 5.81. The minimum Gasteiger partial charge on any atom is -0.479 e. The van der Waals surface area contributed by atoms with Crippen LogP contribution >= 0.6 is 11.6 Å². The van der Waals surface area contributed by atoms with Crippen LogP contribution in [-0.2, 0) is 4.79 Å². The second-order valence-electron chi connectivity index (χ2n) is 4.71. The molecule has 0 aromatic heterocycles. The number of nitrogens with zero attached hydrogens (tertiary/aromatic N) is 1. The van der Waals surface area contributed by atoms with E-state index in [0.29, 0.717) is 16.1 Å². The number of likely N-dealkylation sites (tertiary alicyclic amines) is 1. The van der Waals surface area contributed by atoms with Crippen molar-refractivity contribution in [2.75, 3.05) is 13.1 Å². The zero-order chi connectivity index (χ0) is 14.2. The molecule has 1 aromatic carbocycles. The Labute approximate surface area is 114 Å². The van der Waals surface area contributed by atoms with E-state index in [1.807, 2.05) is 0 Å². The molecule has 0 aliphatic carbocycles. The zero-order valence-electron chi connectivity index (χ0n) is 10.3. The summed E-state index contributed by atoms with van der Waals surface area (Å²) in [6, 6.07) is 4.79. The monoisotopic (exact) mass is 285 g/mol. The summed E-state index contributed by atoms with van der Waals surface area (Å²) in [6.07, 6.45) is -0.180. The van der Waals surface area contributed by atoms with Gasteiger partial charge in [-0.05, 0) is 30.7 Å². The van der Waals surface area contributed by atoms with Crippen LogP contribution in [0.1, 0.15) is 22.3 Å². The van der Waals surface area contributed by atoms with E-state index in [-0.39, 0.29) is 18.9 Å². The average Bonchev–Trinajstić information content (AvgIpc) is 2.73. The SMILES string of the molecule is Cc1cc(Cl)ccc1C(=O)N1CCC(F)(C(=O)O)C1. The van der Waals surface area contributed by atoms with E-state index in [1.165, 1.54) is 4.90 Å². The number of hydrogen-bond acceptors (Lipinski definition) is 2. The van der Waals surface area contributed by atoms with Crippen LogP contribution in [0.15, 0.2) is 18.2 Å². The maximum atomic E-state index is 13.9. The lowest BCUT2D eigenvalue weighted by molar-refractivity contribution is -0.149. The molecule has 0 radical (unpaired) electrons. The van der Waals surface area contributed by atoms with Crippen molar-refractivity contribution in [3.63, 3.8) is 0 Å². The molecule has 0 saturated carbocycles. The topological polar surface area (TPSA) is 57.6 Å². The van der Waals surface area contributed by atoms with Gasteiger partial charge in [-0.15, -0.1) is 0 Å². The number of halogens is 2. The highest BCUT2D eigenvalue weighted by Crippen LogP contribution is 2.28. The molecular weight excluding hydrogens is 273 g/mol. The van der Waals surface area contributed by atoms with Gasteiger partial charge in [0.05, 0.1) is 6.54 Å². The number of carbonyl (C=O) groups is 2. The largest absolute Gasteiger partial charge is 0.479 e. The van der Waals surface area contributed by atoms with Crippen LogP contribution in [0.3, 0.4) is 0 Å². The average molecular weight is 286 g/mol. The van der Waals surface area contributed by atoms with Gasteiger partial charge < -0.3 is 10.0 Å². The first kappa shape index (κ1) is 13.8. The second kappa shape index (κ2) is 4.81. The van der Waals surface area contributed by atoms with E-state index < -0.39 is 18.2 Å². The van der Waals surface area contributed by atoms with Crippen LogP contribution in [-0.4, -0.2) is 40.6 Å². The Bertz CT molecular complexity index is 549. The van der Waals surface area contributed by atoms with Gasteiger partial charge >= 0.3 is 5.97 Å². The van der Waals surface area contributed by atoms with Crippen molar-refractivity contribution >= 4 is 23.5 Å². The number of amides is 1. The highest BCUT2D eigenvalue weighted by atomic mass is 35.5. The third-order valence-electron chi connectivity index (χ3n) is 3.31. The molecule has 1 fully saturated rings. The Balaban J connectivity index is 2.20. The van der Waals surface area contributed by atoms with Crippen LogP contribution in [0.4, 0.5) is 4.39 Å². The van der Waals surface area contributed by atoms with Gasteiger partial charge in [0.1, 0.15) is 0 Å². The summed E-state index contributed by atoms with van der Waals surface area (Å²) in [5, 5.41) is 9.32. The number of alkyl halides is 1. The number of hydrogen-bond donors (Lipinski definition) is 1. The molecule has 1 aromatic rings. The number of aliphatic carboxylic acids is 1. The number of rotatable bonds is 2. The Morgan fingerprint density at radius 3 is 2.68 bits per heavy atom. The van der Waals surface area contributed by atoms with Gasteiger partial charge in [0.2, 0.25) is 5.67 Å². The molecule has 2 rings (SSSR count). The molecule has 0 spiro atoms. The lowest BCUT2D eigenvalue weighted by Crippen LogP contribution is -2.39. The molecule has 1 N–H and O–H groups in total. The fourth-order valence-corrected chi connectivity index (χ4v) is 2.38. The second-order valence-corrected chi connectivity index (χ2v) is 5.14. The minimum atomic E-state index is -2.34. The number of benzene rings is 1. The number of carbonyl (C=O) groups excluding carboxylic acids is 1.